The zero-order valence-electron chi connectivity index (χ0n) is 31.6. The van der Waals surface area contributed by atoms with Gasteiger partial charge in [-0.15, -0.1) is 0 Å². The Balaban J connectivity index is 5.73. The number of rotatable bonds is 25. The van der Waals surface area contributed by atoms with Gasteiger partial charge in [-0.2, -0.15) is 0 Å². The van der Waals surface area contributed by atoms with E-state index in [1.54, 1.807) is 13.8 Å². The average Bonchev–Trinajstić information content (AvgIpc) is 2.97. The van der Waals surface area contributed by atoms with Crippen molar-refractivity contribution >= 4 is 35.5 Å². The monoisotopic (exact) mass is 714 g/mol. The fourth-order valence-electron chi connectivity index (χ4n) is 5.41. The van der Waals surface area contributed by atoms with E-state index in [4.69, 9.17) is 10.8 Å². The van der Waals surface area contributed by atoms with Crippen LogP contribution in [0.15, 0.2) is 0 Å². The number of aliphatic hydroxyl groups excluding tert-OH is 2. The van der Waals surface area contributed by atoms with Crippen molar-refractivity contribution in [3.63, 3.8) is 0 Å². The highest BCUT2D eigenvalue weighted by molar-refractivity contribution is 5.92. The summed E-state index contributed by atoms with van der Waals surface area (Å²) in [5, 5.41) is 44.0. The van der Waals surface area contributed by atoms with E-state index < -0.39 is 84.9 Å². The Morgan fingerprint density at radius 1 is 0.580 bits per heavy atom. The maximum atomic E-state index is 13.6. The van der Waals surface area contributed by atoms with Gasteiger partial charge in [-0.3, -0.25) is 28.8 Å². The summed E-state index contributed by atoms with van der Waals surface area (Å²) in [5.41, 5.74) is 5.66. The van der Waals surface area contributed by atoms with Crippen molar-refractivity contribution in [2.24, 2.45) is 29.4 Å². The molecule has 0 aromatic rings. The molecule has 15 heteroatoms. The number of nitrogens with one attached hydrogen (secondary N) is 5. The van der Waals surface area contributed by atoms with E-state index in [2.05, 4.69) is 26.6 Å². The van der Waals surface area contributed by atoms with Gasteiger partial charge in [0.1, 0.15) is 18.1 Å². The lowest BCUT2D eigenvalue weighted by Crippen LogP contribution is -2.57. The lowest BCUT2D eigenvalue weighted by atomic mass is 9.96. The topological polar surface area (TPSA) is 249 Å². The number of hydrogen-bond donors (Lipinski definition) is 9. The fraction of sp³-hybridized carbons (Fsp3) is 0.829. The van der Waals surface area contributed by atoms with Crippen LogP contribution >= 0.6 is 0 Å². The molecule has 0 bridgehead atoms. The van der Waals surface area contributed by atoms with Gasteiger partial charge in [0.05, 0.1) is 37.1 Å². The van der Waals surface area contributed by atoms with E-state index in [9.17, 15) is 39.0 Å². The van der Waals surface area contributed by atoms with Gasteiger partial charge >= 0.3 is 5.97 Å². The van der Waals surface area contributed by atoms with E-state index in [1.165, 1.54) is 6.92 Å². The molecule has 7 atom stereocenters. The number of unbranched alkanes of at least 4 members (excludes halogenated alkanes) is 1. The zero-order chi connectivity index (χ0) is 38.7. The van der Waals surface area contributed by atoms with Crippen LogP contribution in [0.25, 0.3) is 0 Å². The Kier molecular flexibility index (Phi) is 22.4. The lowest BCUT2D eigenvalue weighted by molar-refractivity contribution is -0.140. The molecule has 0 saturated heterocycles. The molecule has 0 aliphatic rings. The minimum absolute atomic E-state index is 0.00426. The summed E-state index contributed by atoms with van der Waals surface area (Å²) in [5.74, 6) is -3.97. The number of hydrogen-bond acceptors (Lipinski definition) is 9. The maximum Gasteiger partial charge on any atom is 0.306 e. The molecule has 0 radical (unpaired) electrons. The third-order valence-corrected chi connectivity index (χ3v) is 8.02. The summed E-state index contributed by atoms with van der Waals surface area (Å²) in [4.78, 5) is 76.3. The van der Waals surface area contributed by atoms with Gasteiger partial charge in [0.15, 0.2) is 0 Å². The van der Waals surface area contributed by atoms with Crippen molar-refractivity contribution in [3.8, 4) is 0 Å². The number of carboxylic acid groups (broad SMARTS) is 1. The van der Waals surface area contributed by atoms with Gasteiger partial charge in [0.25, 0.3) is 0 Å². The van der Waals surface area contributed by atoms with E-state index in [-0.39, 0.29) is 42.4 Å². The second-order valence-electron chi connectivity index (χ2n) is 14.9. The summed E-state index contributed by atoms with van der Waals surface area (Å²) >= 11 is 0. The molecule has 0 aromatic heterocycles. The van der Waals surface area contributed by atoms with Gasteiger partial charge in [-0.05, 0) is 69.2 Å². The summed E-state index contributed by atoms with van der Waals surface area (Å²) in [6, 6.07) is -4.66. The minimum Gasteiger partial charge on any atom is -0.481 e. The Morgan fingerprint density at radius 3 is 1.54 bits per heavy atom. The second kappa shape index (κ2) is 24.0. The molecular formula is C35H66N6O9. The molecule has 0 spiro atoms. The Morgan fingerprint density at radius 2 is 1.08 bits per heavy atom. The summed E-state index contributed by atoms with van der Waals surface area (Å²) in [7, 11) is 0. The van der Waals surface area contributed by atoms with Crippen LogP contribution in [-0.4, -0.2) is 99.8 Å². The SMILES string of the molecule is CC(C)CC(=O)N[C@H](C(=O)N[C@@H](CCCCN)C(=O)N[C@@H](CC(C)C)[C@@H](O)CC(=O)N[C@@H](C)C(=O)N[C@@H](CC(C)C)[C@@H](O)CC(=O)O)C(C)C. The third-order valence-electron chi connectivity index (χ3n) is 8.02. The van der Waals surface area contributed by atoms with E-state index in [0.717, 1.165) is 0 Å². The number of amides is 5. The van der Waals surface area contributed by atoms with Crippen LogP contribution in [0.1, 0.15) is 114 Å². The first-order valence-electron chi connectivity index (χ1n) is 18.0. The number of aliphatic hydroxyl groups is 2. The van der Waals surface area contributed by atoms with E-state index in [1.807, 2.05) is 41.5 Å². The number of carbonyl (C=O) groups excluding carboxylic acids is 5. The lowest BCUT2D eigenvalue weighted by Gasteiger charge is -2.30. The highest BCUT2D eigenvalue weighted by Crippen LogP contribution is 2.15. The fourth-order valence-corrected chi connectivity index (χ4v) is 5.41. The van der Waals surface area contributed by atoms with Crippen molar-refractivity contribution in [1.29, 1.82) is 0 Å². The molecule has 0 heterocycles. The second-order valence-corrected chi connectivity index (χ2v) is 14.9. The Hall–Kier alpha value is -3.30. The molecule has 10 N–H and O–H groups in total. The molecule has 0 aromatic carbocycles. The molecule has 0 aliphatic heterocycles. The number of nitrogens with two attached hydrogens (primary N) is 1. The normalized spacial score (nSPS) is 15.8. The Bertz CT molecular complexity index is 1080. The molecule has 0 aliphatic carbocycles. The van der Waals surface area contributed by atoms with Crippen LogP contribution in [0.4, 0.5) is 0 Å². The molecule has 0 unspecified atom stereocenters. The van der Waals surface area contributed by atoms with Crippen molar-refractivity contribution in [2.45, 2.75) is 156 Å². The van der Waals surface area contributed by atoms with Crippen molar-refractivity contribution in [2.75, 3.05) is 6.54 Å². The van der Waals surface area contributed by atoms with Crippen LogP contribution in [0.2, 0.25) is 0 Å². The van der Waals surface area contributed by atoms with Gasteiger partial charge in [-0.25, -0.2) is 0 Å². The number of carboxylic acids is 1. The largest absolute Gasteiger partial charge is 0.481 e. The van der Waals surface area contributed by atoms with Gasteiger partial charge in [-0.1, -0.05) is 55.4 Å². The van der Waals surface area contributed by atoms with Crippen LogP contribution in [0, 0.1) is 23.7 Å². The highest BCUT2D eigenvalue weighted by Gasteiger charge is 2.32. The molecule has 0 saturated carbocycles. The molecular weight excluding hydrogens is 648 g/mol. The predicted molar refractivity (Wildman–Crippen MR) is 190 cm³/mol. The van der Waals surface area contributed by atoms with Gasteiger partial charge in [0, 0.05) is 6.42 Å². The smallest absolute Gasteiger partial charge is 0.306 e. The average molecular weight is 715 g/mol. The van der Waals surface area contributed by atoms with Crippen molar-refractivity contribution in [3.05, 3.63) is 0 Å². The van der Waals surface area contributed by atoms with Crippen molar-refractivity contribution < 1.29 is 44.1 Å². The zero-order valence-corrected chi connectivity index (χ0v) is 31.6. The maximum absolute atomic E-state index is 13.6. The highest BCUT2D eigenvalue weighted by atomic mass is 16.4. The first kappa shape index (κ1) is 46.7. The molecule has 290 valence electrons. The summed E-state index contributed by atoms with van der Waals surface area (Å²) in [6.07, 6.45) is -1.41. The van der Waals surface area contributed by atoms with Crippen LogP contribution < -0.4 is 32.3 Å². The quantitative estimate of drug-likeness (QED) is 0.0606. The molecule has 0 fully saturated rings. The van der Waals surface area contributed by atoms with Crippen LogP contribution in [0.3, 0.4) is 0 Å². The van der Waals surface area contributed by atoms with Crippen LogP contribution in [0.5, 0.6) is 0 Å². The van der Waals surface area contributed by atoms with E-state index in [0.29, 0.717) is 32.2 Å². The summed E-state index contributed by atoms with van der Waals surface area (Å²) < 4.78 is 0. The standard InChI is InChI=1S/C35H66N6O9/c1-19(2)14-25(27(42)17-30(45)37-23(9)33(48)39-26(15-20(3)4)28(43)18-31(46)47)40-34(49)24(12-10-11-13-36)38-35(50)32(22(7)8)41-29(44)16-21(5)6/h19-28,32,42-43H,10-18,36H2,1-9H3,(H,37,45)(H,38,50)(H,39,48)(H,40,49)(H,41,44)(H,46,47)/t23-,24-,25-,26-,27-,28-,32-/m0/s1. The Labute approximate surface area is 298 Å². The number of carbonyl (C=O) groups is 6. The predicted octanol–water partition coefficient (Wildman–Crippen LogP) is 0.940. The van der Waals surface area contributed by atoms with Crippen molar-refractivity contribution in [1.82, 2.24) is 26.6 Å². The van der Waals surface area contributed by atoms with Gasteiger partial charge in [0.2, 0.25) is 29.5 Å². The van der Waals surface area contributed by atoms with Crippen LogP contribution in [-0.2, 0) is 28.8 Å². The summed E-state index contributed by atoms with van der Waals surface area (Å²) in [6.45, 7) is 16.7. The number of aliphatic carboxylic acids is 1. The molecule has 50 heavy (non-hydrogen) atoms. The third kappa shape index (κ3) is 19.8. The van der Waals surface area contributed by atoms with Gasteiger partial charge < -0.3 is 47.6 Å². The first-order chi connectivity index (χ1) is 23.2. The van der Waals surface area contributed by atoms with E-state index >= 15 is 0 Å². The minimum atomic E-state index is -1.35. The molecule has 5 amide bonds. The molecule has 15 nitrogen and oxygen atoms in total. The molecule has 0 rings (SSSR count). The first-order valence-corrected chi connectivity index (χ1v) is 18.0.